The van der Waals surface area contributed by atoms with Crippen molar-refractivity contribution in [3.05, 3.63) is 64.0 Å². The van der Waals surface area contributed by atoms with Gasteiger partial charge in [-0.25, -0.2) is 4.99 Å². The van der Waals surface area contributed by atoms with Crippen molar-refractivity contribution in [2.45, 2.75) is 39.8 Å². The summed E-state index contributed by atoms with van der Waals surface area (Å²) in [4.78, 5) is 12.0. The summed E-state index contributed by atoms with van der Waals surface area (Å²) in [5, 5.41) is 8.04. The highest BCUT2D eigenvalue weighted by Crippen LogP contribution is 2.18. The molecule has 136 valence electrons. The Morgan fingerprint density at radius 3 is 2.81 bits per heavy atom. The van der Waals surface area contributed by atoms with Gasteiger partial charge in [0, 0.05) is 40.3 Å². The molecule has 0 bridgehead atoms. The van der Waals surface area contributed by atoms with Crippen molar-refractivity contribution in [3.8, 4) is 0 Å². The van der Waals surface area contributed by atoms with E-state index in [9.17, 15) is 0 Å². The van der Waals surface area contributed by atoms with E-state index in [-0.39, 0.29) is 0 Å². The fourth-order valence-corrected chi connectivity index (χ4v) is 3.98. The molecular weight excluding hydrogens is 340 g/mol. The van der Waals surface area contributed by atoms with Crippen LogP contribution in [-0.2, 0) is 13.0 Å². The van der Waals surface area contributed by atoms with Crippen molar-refractivity contribution >= 4 is 28.2 Å². The van der Waals surface area contributed by atoms with Crippen LogP contribution in [0.1, 0.15) is 29.2 Å². The predicted octanol–water partition coefficient (Wildman–Crippen LogP) is 4.29. The fraction of sp³-hybridized carbons (Fsp3) is 0.333. The summed E-state index contributed by atoms with van der Waals surface area (Å²) in [5.41, 5.74) is 2.20. The quantitative estimate of drug-likeness (QED) is 0.505. The van der Waals surface area contributed by atoms with Gasteiger partial charge in [-0.05, 0) is 50.6 Å². The van der Waals surface area contributed by atoms with E-state index in [0.717, 1.165) is 29.8 Å². The topological polar surface area (TPSA) is 49.3 Å². The molecule has 0 spiro atoms. The average Bonchev–Trinajstić information content (AvgIpc) is 3.04. The van der Waals surface area contributed by atoms with Crippen molar-refractivity contribution in [1.82, 2.24) is 15.6 Å². The van der Waals surface area contributed by atoms with Crippen molar-refractivity contribution in [1.29, 1.82) is 0 Å². The zero-order valence-electron chi connectivity index (χ0n) is 15.6. The lowest BCUT2D eigenvalue weighted by Gasteiger charge is -2.17. The van der Waals surface area contributed by atoms with Gasteiger partial charge in [0.1, 0.15) is 0 Å². The lowest BCUT2D eigenvalue weighted by atomic mass is 10.1. The standard InChI is InChI=1S/C21H26N4S/c1-4-22-21(25-15(2)13-18-10-9-16(3)26-18)24-14-17-11-12-23-20-8-6-5-7-19(17)20/h5-12,15H,4,13-14H2,1-3H3,(H2,22,24,25). The molecule has 0 aliphatic rings. The Bertz CT molecular complexity index is 879. The first-order chi connectivity index (χ1) is 12.7. The van der Waals surface area contributed by atoms with E-state index in [1.165, 1.54) is 15.3 Å². The molecule has 0 saturated carbocycles. The van der Waals surface area contributed by atoms with Crippen LogP contribution < -0.4 is 10.6 Å². The van der Waals surface area contributed by atoms with Gasteiger partial charge in [0.2, 0.25) is 0 Å². The molecule has 0 radical (unpaired) electrons. The van der Waals surface area contributed by atoms with E-state index >= 15 is 0 Å². The molecule has 0 amide bonds. The SMILES string of the molecule is CCNC(=NCc1ccnc2ccccc12)NC(C)Cc1ccc(C)s1. The van der Waals surface area contributed by atoms with Gasteiger partial charge in [0.05, 0.1) is 12.1 Å². The van der Waals surface area contributed by atoms with Gasteiger partial charge in [-0.1, -0.05) is 18.2 Å². The number of guanidine groups is 1. The smallest absolute Gasteiger partial charge is 0.191 e. The third-order valence-corrected chi connectivity index (χ3v) is 5.20. The Balaban J connectivity index is 1.70. The number of nitrogens with one attached hydrogen (secondary N) is 2. The minimum atomic E-state index is 0.319. The Labute approximate surface area is 159 Å². The third-order valence-electron chi connectivity index (χ3n) is 4.18. The number of pyridine rings is 1. The lowest BCUT2D eigenvalue weighted by Crippen LogP contribution is -2.43. The number of aliphatic imine (C=N–C) groups is 1. The number of hydrogen-bond acceptors (Lipinski definition) is 3. The lowest BCUT2D eigenvalue weighted by molar-refractivity contribution is 0.645. The molecule has 0 saturated heterocycles. The van der Waals surface area contributed by atoms with Crippen molar-refractivity contribution in [2.24, 2.45) is 4.99 Å². The summed E-state index contributed by atoms with van der Waals surface area (Å²) in [6.07, 6.45) is 2.86. The van der Waals surface area contributed by atoms with E-state index in [1.807, 2.05) is 41.8 Å². The van der Waals surface area contributed by atoms with Gasteiger partial charge in [-0.3, -0.25) is 4.98 Å². The van der Waals surface area contributed by atoms with E-state index < -0.39 is 0 Å². The zero-order valence-corrected chi connectivity index (χ0v) is 16.4. The molecule has 3 rings (SSSR count). The second-order valence-corrected chi connectivity index (χ2v) is 7.82. The maximum absolute atomic E-state index is 4.79. The van der Waals surface area contributed by atoms with Crippen molar-refractivity contribution in [2.75, 3.05) is 6.54 Å². The first-order valence-electron chi connectivity index (χ1n) is 9.08. The summed E-state index contributed by atoms with van der Waals surface area (Å²) in [7, 11) is 0. The molecule has 4 nitrogen and oxygen atoms in total. The fourth-order valence-electron chi connectivity index (χ4n) is 2.96. The number of hydrogen-bond donors (Lipinski definition) is 2. The number of fused-ring (bicyclic) bond motifs is 1. The van der Waals surface area contributed by atoms with Gasteiger partial charge in [0.25, 0.3) is 0 Å². The Kier molecular flexibility index (Phi) is 6.23. The summed E-state index contributed by atoms with van der Waals surface area (Å²) in [6, 6.07) is 15.0. The van der Waals surface area contributed by atoms with Crippen LogP contribution in [0, 0.1) is 6.92 Å². The second kappa shape index (κ2) is 8.81. The molecule has 1 atom stereocenters. The van der Waals surface area contributed by atoms with Gasteiger partial charge < -0.3 is 10.6 Å². The number of thiophene rings is 1. The Hall–Kier alpha value is -2.40. The average molecular weight is 367 g/mol. The highest BCUT2D eigenvalue weighted by atomic mass is 32.1. The van der Waals surface area contributed by atoms with E-state index in [0.29, 0.717) is 12.6 Å². The number of aryl methyl sites for hydroxylation is 1. The Morgan fingerprint density at radius 1 is 1.19 bits per heavy atom. The maximum Gasteiger partial charge on any atom is 0.191 e. The van der Waals surface area contributed by atoms with Gasteiger partial charge in [-0.15, -0.1) is 11.3 Å². The largest absolute Gasteiger partial charge is 0.357 e. The number of rotatable bonds is 6. The highest BCUT2D eigenvalue weighted by Gasteiger charge is 2.08. The van der Waals surface area contributed by atoms with Crippen molar-refractivity contribution < 1.29 is 0 Å². The van der Waals surface area contributed by atoms with Crippen LogP contribution in [0.25, 0.3) is 10.9 Å². The Morgan fingerprint density at radius 2 is 2.04 bits per heavy atom. The van der Waals surface area contributed by atoms with E-state index in [2.05, 4.69) is 54.6 Å². The summed E-state index contributed by atoms with van der Waals surface area (Å²) >= 11 is 1.86. The molecule has 3 aromatic rings. The number of nitrogens with zero attached hydrogens (tertiary/aromatic N) is 2. The predicted molar refractivity (Wildman–Crippen MR) is 112 cm³/mol. The van der Waals surface area contributed by atoms with Crippen LogP contribution in [0.4, 0.5) is 0 Å². The van der Waals surface area contributed by atoms with Crippen LogP contribution in [-0.4, -0.2) is 23.5 Å². The minimum Gasteiger partial charge on any atom is -0.357 e. The van der Waals surface area contributed by atoms with Crippen LogP contribution >= 0.6 is 11.3 Å². The summed E-state index contributed by atoms with van der Waals surface area (Å²) < 4.78 is 0. The monoisotopic (exact) mass is 366 g/mol. The van der Waals surface area contributed by atoms with Crippen molar-refractivity contribution in [3.63, 3.8) is 0 Å². The van der Waals surface area contributed by atoms with Gasteiger partial charge in [0.15, 0.2) is 5.96 Å². The molecule has 1 unspecified atom stereocenters. The molecule has 2 aromatic heterocycles. The van der Waals surface area contributed by atoms with Gasteiger partial charge in [-0.2, -0.15) is 0 Å². The van der Waals surface area contributed by atoms with Crippen LogP contribution in [0.15, 0.2) is 53.7 Å². The summed E-state index contributed by atoms with van der Waals surface area (Å²) in [5.74, 6) is 0.856. The van der Waals surface area contributed by atoms with Crippen LogP contribution in [0.3, 0.4) is 0 Å². The van der Waals surface area contributed by atoms with Crippen LogP contribution in [0.5, 0.6) is 0 Å². The number of benzene rings is 1. The molecule has 0 fully saturated rings. The minimum absolute atomic E-state index is 0.319. The molecular formula is C21H26N4S. The van der Waals surface area contributed by atoms with E-state index in [4.69, 9.17) is 4.99 Å². The van der Waals surface area contributed by atoms with Crippen LogP contribution in [0.2, 0.25) is 0 Å². The third kappa shape index (κ3) is 4.82. The van der Waals surface area contributed by atoms with Gasteiger partial charge >= 0.3 is 0 Å². The molecule has 5 heteroatoms. The van der Waals surface area contributed by atoms with E-state index in [1.54, 1.807) is 0 Å². The molecule has 1 aromatic carbocycles. The first kappa shape index (κ1) is 18.4. The zero-order chi connectivity index (χ0) is 18.4. The molecule has 0 aliphatic carbocycles. The molecule has 0 aliphatic heterocycles. The highest BCUT2D eigenvalue weighted by molar-refractivity contribution is 7.11. The summed E-state index contributed by atoms with van der Waals surface area (Å²) in [6.45, 7) is 7.91. The molecule has 2 N–H and O–H groups in total. The number of para-hydroxylation sites is 1. The number of aromatic nitrogens is 1. The maximum atomic E-state index is 4.79. The molecule has 26 heavy (non-hydrogen) atoms. The molecule has 2 heterocycles. The second-order valence-electron chi connectivity index (χ2n) is 6.44. The normalized spacial score (nSPS) is 13.0. The first-order valence-corrected chi connectivity index (χ1v) is 9.90.